The standard InChI is InChI=1S/C25H14BrF3N2O5/c26-14-4-9-18-13(11-14)12-19(35-18)22(32)20-21(17-3-1-2-10-30-17)31(24(34)23(20)33)15-5-7-16(8-6-15)36-25(27,28)29/h1-12,21,33H. The molecular formula is C25H14BrF3N2O5. The lowest BCUT2D eigenvalue weighted by Gasteiger charge is -2.26. The number of ether oxygens (including phenoxy) is 1. The van der Waals surface area contributed by atoms with Gasteiger partial charge in [0.15, 0.2) is 11.5 Å². The molecule has 0 saturated carbocycles. The van der Waals surface area contributed by atoms with Gasteiger partial charge in [-0.15, -0.1) is 13.2 Å². The van der Waals surface area contributed by atoms with Crippen molar-refractivity contribution in [2.24, 2.45) is 0 Å². The van der Waals surface area contributed by atoms with Gasteiger partial charge in [-0.3, -0.25) is 19.5 Å². The van der Waals surface area contributed by atoms with Gasteiger partial charge in [0.05, 0.1) is 11.3 Å². The zero-order chi connectivity index (χ0) is 25.6. The van der Waals surface area contributed by atoms with E-state index >= 15 is 0 Å². The molecule has 0 fully saturated rings. The maximum Gasteiger partial charge on any atom is 0.573 e. The second-order valence-corrected chi connectivity index (χ2v) is 8.67. The number of carbonyl (C=O) groups is 2. The zero-order valence-corrected chi connectivity index (χ0v) is 19.6. The quantitative estimate of drug-likeness (QED) is 0.290. The van der Waals surface area contributed by atoms with Crippen molar-refractivity contribution in [2.45, 2.75) is 12.4 Å². The number of fused-ring (bicyclic) bond motifs is 1. The predicted molar refractivity (Wildman–Crippen MR) is 125 cm³/mol. The Kier molecular flexibility index (Phi) is 5.79. The van der Waals surface area contributed by atoms with Crippen molar-refractivity contribution >= 4 is 44.3 Å². The second-order valence-electron chi connectivity index (χ2n) is 7.76. The Balaban J connectivity index is 1.58. The first-order valence-corrected chi connectivity index (χ1v) is 11.2. The summed E-state index contributed by atoms with van der Waals surface area (Å²) in [7, 11) is 0. The highest BCUT2D eigenvalue weighted by atomic mass is 79.9. The monoisotopic (exact) mass is 558 g/mol. The van der Waals surface area contributed by atoms with Crippen LogP contribution in [0.5, 0.6) is 5.75 Å². The zero-order valence-electron chi connectivity index (χ0n) is 18.0. The predicted octanol–water partition coefficient (Wildman–Crippen LogP) is 6.27. The number of aliphatic hydroxyl groups excluding tert-OH is 1. The third-order valence-electron chi connectivity index (χ3n) is 5.47. The van der Waals surface area contributed by atoms with Gasteiger partial charge in [0, 0.05) is 21.7 Å². The van der Waals surface area contributed by atoms with Gasteiger partial charge in [0.2, 0.25) is 5.78 Å². The minimum absolute atomic E-state index is 0.103. The van der Waals surface area contributed by atoms with Crippen LogP contribution in [0.4, 0.5) is 18.9 Å². The Morgan fingerprint density at radius 3 is 2.50 bits per heavy atom. The molecule has 36 heavy (non-hydrogen) atoms. The molecule has 0 aliphatic carbocycles. The molecule has 0 radical (unpaired) electrons. The number of amides is 1. The topological polar surface area (TPSA) is 92.9 Å². The normalized spacial score (nSPS) is 16.2. The summed E-state index contributed by atoms with van der Waals surface area (Å²) >= 11 is 3.35. The molecular weight excluding hydrogens is 545 g/mol. The largest absolute Gasteiger partial charge is 0.573 e. The molecule has 182 valence electrons. The molecule has 4 aromatic rings. The van der Waals surface area contributed by atoms with Crippen molar-refractivity contribution in [1.29, 1.82) is 0 Å². The average molecular weight is 559 g/mol. The molecule has 1 aliphatic rings. The number of pyridine rings is 1. The van der Waals surface area contributed by atoms with Crippen molar-refractivity contribution in [3.8, 4) is 5.75 Å². The van der Waals surface area contributed by atoms with Crippen LogP contribution in [0.3, 0.4) is 0 Å². The number of rotatable bonds is 5. The minimum Gasteiger partial charge on any atom is -0.503 e. The summed E-state index contributed by atoms with van der Waals surface area (Å²) in [6.45, 7) is 0. The summed E-state index contributed by atoms with van der Waals surface area (Å²) in [5.74, 6) is -3.06. The van der Waals surface area contributed by atoms with E-state index in [4.69, 9.17) is 4.42 Å². The highest BCUT2D eigenvalue weighted by Crippen LogP contribution is 2.42. The van der Waals surface area contributed by atoms with E-state index in [2.05, 4.69) is 25.7 Å². The molecule has 11 heteroatoms. The van der Waals surface area contributed by atoms with E-state index in [1.165, 1.54) is 24.4 Å². The van der Waals surface area contributed by atoms with Crippen LogP contribution in [0, 0.1) is 0 Å². The minimum atomic E-state index is -4.89. The molecule has 2 aromatic carbocycles. The van der Waals surface area contributed by atoms with Gasteiger partial charge < -0.3 is 14.3 Å². The third-order valence-corrected chi connectivity index (χ3v) is 5.96. The maximum atomic E-state index is 13.6. The average Bonchev–Trinajstić information content (AvgIpc) is 3.37. The van der Waals surface area contributed by atoms with Gasteiger partial charge in [0.25, 0.3) is 5.91 Å². The number of furan rings is 1. The number of nitrogens with zero attached hydrogens (tertiary/aromatic N) is 2. The molecule has 1 aliphatic heterocycles. The fourth-order valence-corrected chi connectivity index (χ4v) is 4.37. The molecule has 7 nitrogen and oxygen atoms in total. The fourth-order valence-electron chi connectivity index (χ4n) is 3.99. The van der Waals surface area contributed by atoms with Gasteiger partial charge in [-0.1, -0.05) is 22.0 Å². The molecule has 2 aromatic heterocycles. The highest BCUT2D eigenvalue weighted by Gasteiger charge is 2.46. The van der Waals surface area contributed by atoms with Crippen LogP contribution >= 0.6 is 15.9 Å². The third kappa shape index (κ3) is 4.33. The van der Waals surface area contributed by atoms with Gasteiger partial charge in [0.1, 0.15) is 17.4 Å². The SMILES string of the molecule is O=C(C1=C(O)C(=O)N(c2ccc(OC(F)(F)F)cc2)C1c1ccccn1)c1cc2cc(Br)ccc2o1. The lowest BCUT2D eigenvalue weighted by atomic mass is 9.98. The Morgan fingerprint density at radius 2 is 1.83 bits per heavy atom. The lowest BCUT2D eigenvalue weighted by Crippen LogP contribution is -2.31. The summed E-state index contributed by atoms with van der Waals surface area (Å²) in [6, 6.07) is 14.8. The Bertz CT molecular complexity index is 1510. The molecule has 1 N–H and O–H groups in total. The van der Waals surface area contributed by atoms with Crippen molar-refractivity contribution in [2.75, 3.05) is 4.90 Å². The van der Waals surface area contributed by atoms with Crippen LogP contribution in [0.15, 0.2) is 93.1 Å². The Hall–Kier alpha value is -4.12. The number of carbonyl (C=O) groups excluding carboxylic acids is 2. The summed E-state index contributed by atoms with van der Waals surface area (Å²) in [6.07, 6.45) is -3.43. The number of halogens is 4. The van der Waals surface area contributed by atoms with E-state index < -0.39 is 35.6 Å². The number of benzene rings is 2. The first-order valence-electron chi connectivity index (χ1n) is 10.4. The van der Waals surface area contributed by atoms with E-state index in [0.717, 1.165) is 21.5 Å². The van der Waals surface area contributed by atoms with E-state index in [9.17, 15) is 27.9 Å². The van der Waals surface area contributed by atoms with Crippen LogP contribution in [-0.4, -0.2) is 28.1 Å². The number of aliphatic hydroxyl groups is 1. The highest BCUT2D eigenvalue weighted by molar-refractivity contribution is 9.10. The van der Waals surface area contributed by atoms with Gasteiger partial charge in [-0.05, 0) is 60.7 Å². The van der Waals surface area contributed by atoms with Crippen LogP contribution in [0.1, 0.15) is 22.3 Å². The van der Waals surface area contributed by atoms with Crippen LogP contribution in [0.25, 0.3) is 11.0 Å². The van der Waals surface area contributed by atoms with Gasteiger partial charge in [-0.25, -0.2) is 0 Å². The molecule has 3 heterocycles. The molecule has 1 amide bonds. The van der Waals surface area contributed by atoms with E-state index in [1.807, 2.05) is 0 Å². The number of hydrogen-bond acceptors (Lipinski definition) is 6. The number of Topliss-reactive ketones (excluding diaryl/α,β-unsaturated/α-hetero) is 1. The number of aromatic nitrogens is 1. The maximum absolute atomic E-state index is 13.6. The van der Waals surface area contributed by atoms with Crippen molar-refractivity contribution < 1.29 is 37.0 Å². The Labute approximate surface area is 209 Å². The van der Waals surface area contributed by atoms with Gasteiger partial charge in [-0.2, -0.15) is 0 Å². The van der Waals surface area contributed by atoms with Crippen LogP contribution in [-0.2, 0) is 4.79 Å². The summed E-state index contributed by atoms with van der Waals surface area (Å²) in [5.41, 5.74) is 0.533. The van der Waals surface area contributed by atoms with E-state index in [0.29, 0.717) is 11.0 Å². The van der Waals surface area contributed by atoms with E-state index in [-0.39, 0.29) is 22.7 Å². The molecule has 0 bridgehead atoms. The number of ketones is 1. The smallest absolute Gasteiger partial charge is 0.503 e. The Morgan fingerprint density at radius 1 is 1.08 bits per heavy atom. The summed E-state index contributed by atoms with van der Waals surface area (Å²) in [5, 5.41) is 11.4. The molecule has 1 atom stereocenters. The van der Waals surface area contributed by atoms with Crippen molar-refractivity contribution in [3.05, 3.63) is 100 Å². The molecule has 5 rings (SSSR count). The molecule has 0 spiro atoms. The number of alkyl halides is 3. The van der Waals surface area contributed by atoms with Gasteiger partial charge >= 0.3 is 6.36 Å². The number of anilines is 1. The second kappa shape index (κ2) is 8.83. The first-order chi connectivity index (χ1) is 17.1. The van der Waals surface area contributed by atoms with Crippen molar-refractivity contribution in [1.82, 2.24) is 4.98 Å². The first kappa shape index (κ1) is 23.6. The van der Waals surface area contributed by atoms with E-state index in [1.54, 1.807) is 36.4 Å². The van der Waals surface area contributed by atoms with Crippen LogP contribution < -0.4 is 9.64 Å². The summed E-state index contributed by atoms with van der Waals surface area (Å²) < 4.78 is 48.0. The fraction of sp³-hybridized carbons (Fsp3) is 0.0800. The molecule has 1 unspecified atom stereocenters. The van der Waals surface area contributed by atoms with Crippen molar-refractivity contribution in [3.63, 3.8) is 0 Å². The lowest BCUT2D eigenvalue weighted by molar-refractivity contribution is -0.274. The number of hydrogen-bond donors (Lipinski definition) is 1. The van der Waals surface area contributed by atoms with Crippen LogP contribution in [0.2, 0.25) is 0 Å². The molecule has 0 saturated heterocycles. The summed E-state index contributed by atoms with van der Waals surface area (Å²) in [4.78, 5) is 32.0.